The Morgan fingerprint density at radius 1 is 1.19 bits per heavy atom. The first-order chi connectivity index (χ1) is 10.3. The smallest absolute Gasteiger partial charge is 0.136 e. The topological polar surface area (TPSA) is 35.5 Å². The average molecular weight is 286 g/mol. The van der Waals surface area contributed by atoms with Crippen molar-refractivity contribution in [3.05, 3.63) is 29.3 Å². The van der Waals surface area contributed by atoms with Crippen LogP contribution < -0.4 is 4.74 Å². The zero-order chi connectivity index (χ0) is 14.2. The molecule has 1 aromatic carbocycles. The summed E-state index contributed by atoms with van der Waals surface area (Å²) in [6.07, 6.45) is 7.45. The summed E-state index contributed by atoms with van der Waals surface area (Å²) < 4.78 is 11.3. The summed E-state index contributed by atoms with van der Waals surface area (Å²) in [6, 6.07) is 6.37. The molecule has 0 spiro atoms. The van der Waals surface area contributed by atoms with Crippen LogP contribution in [0.4, 0.5) is 0 Å². The highest BCUT2D eigenvalue weighted by Gasteiger charge is 2.37. The molecule has 3 aliphatic rings. The third-order valence-electron chi connectivity index (χ3n) is 5.16. The monoisotopic (exact) mass is 286 g/mol. The Bertz CT molecular complexity index is 539. The number of fused-ring (bicyclic) bond motifs is 3. The maximum absolute atomic E-state index is 12.4. The van der Waals surface area contributed by atoms with Crippen LogP contribution in [-0.2, 0) is 22.4 Å². The van der Waals surface area contributed by atoms with Gasteiger partial charge >= 0.3 is 0 Å². The fraction of sp³-hybridized carbons (Fsp3) is 0.611. The van der Waals surface area contributed by atoms with Crippen molar-refractivity contribution in [1.82, 2.24) is 0 Å². The number of benzene rings is 1. The Morgan fingerprint density at radius 3 is 2.81 bits per heavy atom. The van der Waals surface area contributed by atoms with E-state index in [2.05, 4.69) is 18.2 Å². The zero-order valence-electron chi connectivity index (χ0n) is 12.3. The largest absolute Gasteiger partial charge is 0.493 e. The first-order valence-electron chi connectivity index (χ1n) is 8.21. The van der Waals surface area contributed by atoms with Gasteiger partial charge in [0.1, 0.15) is 11.5 Å². The summed E-state index contributed by atoms with van der Waals surface area (Å²) in [4.78, 5) is 12.4. The lowest BCUT2D eigenvalue weighted by Gasteiger charge is -2.27. The van der Waals surface area contributed by atoms with Crippen molar-refractivity contribution in [2.24, 2.45) is 5.92 Å². The molecule has 2 fully saturated rings. The maximum Gasteiger partial charge on any atom is 0.136 e. The van der Waals surface area contributed by atoms with E-state index in [4.69, 9.17) is 9.47 Å². The van der Waals surface area contributed by atoms with Gasteiger partial charge in [-0.2, -0.15) is 0 Å². The predicted octanol–water partition coefficient (Wildman–Crippen LogP) is 3.08. The van der Waals surface area contributed by atoms with Crippen LogP contribution in [-0.4, -0.2) is 24.6 Å². The van der Waals surface area contributed by atoms with Crippen molar-refractivity contribution >= 4 is 5.78 Å². The summed E-state index contributed by atoms with van der Waals surface area (Å²) in [5.74, 6) is 1.70. The van der Waals surface area contributed by atoms with Gasteiger partial charge in [-0.3, -0.25) is 4.79 Å². The second kappa shape index (κ2) is 5.45. The fourth-order valence-electron chi connectivity index (χ4n) is 3.99. The van der Waals surface area contributed by atoms with Crippen molar-refractivity contribution < 1.29 is 14.3 Å². The maximum atomic E-state index is 12.4. The van der Waals surface area contributed by atoms with Crippen molar-refractivity contribution in [3.8, 4) is 5.75 Å². The lowest BCUT2D eigenvalue weighted by atomic mass is 9.88. The molecule has 3 aliphatic heterocycles. The summed E-state index contributed by atoms with van der Waals surface area (Å²) in [6.45, 7) is 0.794. The fourth-order valence-corrected chi connectivity index (χ4v) is 3.99. The second-order valence-electron chi connectivity index (χ2n) is 6.63. The molecule has 2 saturated heterocycles. The van der Waals surface area contributed by atoms with Gasteiger partial charge in [-0.15, -0.1) is 0 Å². The molecule has 0 aliphatic carbocycles. The summed E-state index contributed by atoms with van der Waals surface area (Å²) in [7, 11) is 0. The van der Waals surface area contributed by atoms with E-state index in [0.29, 0.717) is 24.4 Å². The molecule has 0 amide bonds. The molecule has 0 aromatic heterocycles. The van der Waals surface area contributed by atoms with E-state index in [1.54, 1.807) is 0 Å². The minimum atomic E-state index is 0.244. The highest BCUT2D eigenvalue weighted by atomic mass is 16.5. The minimum Gasteiger partial charge on any atom is -0.493 e. The number of Topliss-reactive ketones (excluding diaryl/α,β-unsaturated/α-hetero) is 1. The number of ether oxygens (including phenoxy) is 2. The van der Waals surface area contributed by atoms with Gasteiger partial charge in [-0.1, -0.05) is 12.1 Å². The molecule has 2 bridgehead atoms. The third kappa shape index (κ3) is 2.71. The van der Waals surface area contributed by atoms with Crippen LogP contribution in [0.5, 0.6) is 5.75 Å². The van der Waals surface area contributed by atoms with Gasteiger partial charge in [0.25, 0.3) is 0 Å². The van der Waals surface area contributed by atoms with Gasteiger partial charge in [-0.05, 0) is 49.3 Å². The van der Waals surface area contributed by atoms with E-state index in [9.17, 15) is 4.79 Å². The van der Waals surface area contributed by atoms with E-state index in [1.165, 1.54) is 11.1 Å². The summed E-state index contributed by atoms with van der Waals surface area (Å²) in [5, 5.41) is 0. The van der Waals surface area contributed by atoms with Gasteiger partial charge in [-0.25, -0.2) is 0 Å². The molecule has 3 nitrogen and oxygen atoms in total. The van der Waals surface area contributed by atoms with E-state index < -0.39 is 0 Å². The predicted molar refractivity (Wildman–Crippen MR) is 79.6 cm³/mol. The molecule has 3 heterocycles. The van der Waals surface area contributed by atoms with Crippen LogP contribution in [0, 0.1) is 5.92 Å². The van der Waals surface area contributed by atoms with E-state index in [1.807, 2.05) is 0 Å². The summed E-state index contributed by atoms with van der Waals surface area (Å²) in [5.41, 5.74) is 2.56. The molecule has 0 radical (unpaired) electrons. The first kappa shape index (κ1) is 13.3. The van der Waals surface area contributed by atoms with Gasteiger partial charge < -0.3 is 9.47 Å². The molecule has 4 rings (SSSR count). The van der Waals surface area contributed by atoms with Crippen LogP contribution in [0.15, 0.2) is 18.2 Å². The Hall–Kier alpha value is -1.35. The Morgan fingerprint density at radius 2 is 2.00 bits per heavy atom. The van der Waals surface area contributed by atoms with E-state index >= 15 is 0 Å². The first-order valence-corrected chi connectivity index (χ1v) is 8.21. The van der Waals surface area contributed by atoms with Crippen molar-refractivity contribution in [1.29, 1.82) is 0 Å². The number of ketones is 1. The van der Waals surface area contributed by atoms with Gasteiger partial charge in [0.2, 0.25) is 0 Å². The molecule has 3 heteroatoms. The molecule has 0 N–H and O–H groups in total. The number of aryl methyl sites for hydroxylation is 1. The molecular formula is C18H22O3. The molecule has 0 saturated carbocycles. The molecule has 21 heavy (non-hydrogen) atoms. The van der Waals surface area contributed by atoms with Crippen LogP contribution in [0.3, 0.4) is 0 Å². The highest BCUT2D eigenvalue weighted by Crippen LogP contribution is 2.36. The average Bonchev–Trinajstić information content (AvgIpc) is 3.10. The SMILES string of the molecule is O=C(CCc1ccc2c(c1)CCO2)C1CC2CCC(C1)O2. The minimum absolute atomic E-state index is 0.244. The van der Waals surface area contributed by atoms with E-state index in [0.717, 1.165) is 50.9 Å². The van der Waals surface area contributed by atoms with Crippen LogP contribution >= 0.6 is 0 Å². The lowest BCUT2D eigenvalue weighted by molar-refractivity contribution is -0.128. The number of rotatable bonds is 4. The quantitative estimate of drug-likeness (QED) is 0.853. The van der Waals surface area contributed by atoms with Crippen LogP contribution in [0.2, 0.25) is 0 Å². The zero-order valence-corrected chi connectivity index (χ0v) is 12.3. The van der Waals surface area contributed by atoms with Gasteiger partial charge in [0, 0.05) is 18.8 Å². The Kier molecular flexibility index (Phi) is 3.46. The number of carbonyl (C=O) groups excluding carboxylic acids is 1. The van der Waals surface area contributed by atoms with Gasteiger partial charge in [0.05, 0.1) is 18.8 Å². The highest BCUT2D eigenvalue weighted by molar-refractivity contribution is 5.81. The standard InChI is InChI=1S/C18H22O3/c19-17(14-10-15-3-4-16(11-14)21-15)5-1-12-2-6-18-13(9-12)7-8-20-18/h2,6,9,14-16H,1,3-5,7-8,10-11H2. The van der Waals surface area contributed by atoms with Crippen molar-refractivity contribution in [2.45, 2.75) is 57.2 Å². The van der Waals surface area contributed by atoms with Crippen molar-refractivity contribution in [3.63, 3.8) is 0 Å². The van der Waals surface area contributed by atoms with Crippen LogP contribution in [0.25, 0.3) is 0 Å². The third-order valence-corrected chi connectivity index (χ3v) is 5.16. The number of carbonyl (C=O) groups is 1. The normalized spacial score (nSPS) is 30.0. The molecule has 112 valence electrons. The van der Waals surface area contributed by atoms with E-state index in [-0.39, 0.29) is 5.92 Å². The summed E-state index contributed by atoms with van der Waals surface area (Å²) >= 11 is 0. The Balaban J connectivity index is 1.35. The number of hydrogen-bond acceptors (Lipinski definition) is 3. The molecule has 2 atom stereocenters. The van der Waals surface area contributed by atoms with Gasteiger partial charge in [0.15, 0.2) is 0 Å². The molecular weight excluding hydrogens is 264 g/mol. The van der Waals surface area contributed by atoms with Crippen LogP contribution in [0.1, 0.15) is 43.2 Å². The Labute approximate surface area is 125 Å². The second-order valence-corrected chi connectivity index (χ2v) is 6.63. The number of hydrogen-bond donors (Lipinski definition) is 0. The van der Waals surface area contributed by atoms with Crippen molar-refractivity contribution in [2.75, 3.05) is 6.61 Å². The molecule has 1 aromatic rings. The lowest BCUT2D eigenvalue weighted by Crippen LogP contribution is -2.30. The molecule has 2 unspecified atom stereocenters.